The predicted molar refractivity (Wildman–Crippen MR) is 53.6 cm³/mol. The van der Waals surface area contributed by atoms with Crippen molar-refractivity contribution in [3.05, 3.63) is 24.5 Å². The third kappa shape index (κ3) is 1.82. The Labute approximate surface area is 79.6 Å². The van der Waals surface area contributed by atoms with E-state index in [9.17, 15) is 4.79 Å². The summed E-state index contributed by atoms with van der Waals surface area (Å²) in [5.41, 5.74) is -0.419. The summed E-state index contributed by atoms with van der Waals surface area (Å²) in [6, 6.07) is 3.88. The van der Waals surface area contributed by atoms with Crippen molar-refractivity contribution in [2.45, 2.75) is 33.2 Å². The second kappa shape index (κ2) is 3.36. The van der Waals surface area contributed by atoms with Gasteiger partial charge >= 0.3 is 0 Å². The van der Waals surface area contributed by atoms with Gasteiger partial charge < -0.3 is 4.57 Å². The highest BCUT2D eigenvalue weighted by molar-refractivity contribution is 5.87. The average molecular weight is 179 g/mol. The number of hydrogen-bond acceptors (Lipinski definition) is 1. The van der Waals surface area contributed by atoms with Crippen LogP contribution >= 0.6 is 0 Å². The largest absolute Gasteiger partial charge is 0.342 e. The second-order valence-electron chi connectivity index (χ2n) is 4.17. The van der Waals surface area contributed by atoms with Crippen LogP contribution in [0.1, 0.15) is 27.7 Å². The molecule has 0 amide bonds. The Kier molecular flexibility index (Phi) is 2.60. The van der Waals surface area contributed by atoms with Gasteiger partial charge in [0.2, 0.25) is 0 Å². The second-order valence-corrected chi connectivity index (χ2v) is 4.17. The average Bonchev–Trinajstić information content (AvgIpc) is 2.54. The smallest absolute Gasteiger partial charge is 0.160 e. The molecule has 0 unspecified atom stereocenters. The maximum Gasteiger partial charge on any atom is 0.160 e. The first-order valence-electron chi connectivity index (χ1n) is 4.64. The van der Waals surface area contributed by atoms with E-state index in [0.29, 0.717) is 0 Å². The minimum absolute atomic E-state index is 0.0809. The Morgan fingerprint density at radius 3 is 2.08 bits per heavy atom. The lowest BCUT2D eigenvalue weighted by Gasteiger charge is -2.27. The van der Waals surface area contributed by atoms with E-state index in [0.717, 1.165) is 0 Å². The maximum atomic E-state index is 11.8. The Hall–Kier alpha value is -1.05. The molecular weight excluding hydrogens is 162 g/mol. The fraction of sp³-hybridized carbons (Fsp3) is 0.545. The fourth-order valence-electron chi connectivity index (χ4n) is 1.54. The Balaban J connectivity index is 2.95. The van der Waals surface area contributed by atoms with Crippen molar-refractivity contribution in [1.82, 2.24) is 4.57 Å². The topological polar surface area (TPSA) is 22.0 Å². The zero-order valence-corrected chi connectivity index (χ0v) is 8.74. The molecule has 0 saturated carbocycles. The predicted octanol–water partition coefficient (Wildman–Crippen LogP) is 2.45. The van der Waals surface area contributed by atoms with Crippen molar-refractivity contribution in [3.63, 3.8) is 0 Å². The van der Waals surface area contributed by atoms with Gasteiger partial charge in [0.1, 0.15) is 0 Å². The molecule has 1 heterocycles. The molecule has 72 valence electrons. The monoisotopic (exact) mass is 179 g/mol. The third-order valence-electron chi connectivity index (χ3n) is 2.38. The first-order chi connectivity index (χ1) is 5.96. The molecule has 0 aliphatic heterocycles. The van der Waals surface area contributed by atoms with Crippen molar-refractivity contribution in [1.29, 1.82) is 0 Å². The Morgan fingerprint density at radius 1 is 1.23 bits per heavy atom. The number of hydrogen-bond donors (Lipinski definition) is 0. The number of ketones is 1. The lowest BCUT2D eigenvalue weighted by Crippen LogP contribution is -2.37. The van der Waals surface area contributed by atoms with Crippen molar-refractivity contribution in [3.8, 4) is 0 Å². The third-order valence-corrected chi connectivity index (χ3v) is 2.38. The van der Waals surface area contributed by atoms with Gasteiger partial charge in [0, 0.05) is 18.3 Å². The van der Waals surface area contributed by atoms with Crippen molar-refractivity contribution < 1.29 is 4.79 Å². The zero-order valence-electron chi connectivity index (χ0n) is 8.74. The first kappa shape index (κ1) is 10.0. The van der Waals surface area contributed by atoms with Crippen LogP contribution in [-0.4, -0.2) is 10.4 Å². The van der Waals surface area contributed by atoms with Crippen LogP contribution in [0.3, 0.4) is 0 Å². The van der Waals surface area contributed by atoms with Gasteiger partial charge in [0.15, 0.2) is 5.78 Å². The molecule has 0 aromatic carbocycles. The summed E-state index contributed by atoms with van der Waals surface area (Å²) in [7, 11) is 0. The van der Waals surface area contributed by atoms with Crippen LogP contribution in [0.2, 0.25) is 0 Å². The number of carbonyl (C=O) groups excluding carboxylic acids is 1. The van der Waals surface area contributed by atoms with Crippen molar-refractivity contribution in [2.24, 2.45) is 5.92 Å². The minimum Gasteiger partial charge on any atom is -0.342 e. The highest BCUT2D eigenvalue weighted by Crippen LogP contribution is 2.20. The summed E-state index contributed by atoms with van der Waals surface area (Å²) in [5.74, 6) is 0.348. The highest BCUT2D eigenvalue weighted by atomic mass is 16.1. The van der Waals surface area contributed by atoms with E-state index in [1.54, 1.807) is 0 Å². The van der Waals surface area contributed by atoms with Crippen LogP contribution in [0.4, 0.5) is 0 Å². The standard InChI is InChI=1S/C11H17NO/c1-9(2)10(13)11(3,4)12-7-5-6-8-12/h5-9H,1-4H3. The van der Waals surface area contributed by atoms with Crippen LogP contribution in [-0.2, 0) is 10.3 Å². The normalized spacial score (nSPS) is 12.1. The summed E-state index contributed by atoms with van der Waals surface area (Å²) >= 11 is 0. The first-order valence-corrected chi connectivity index (χ1v) is 4.64. The molecule has 0 spiro atoms. The number of Topliss-reactive ketones (excluding diaryl/α,β-unsaturated/α-hetero) is 1. The molecule has 0 atom stereocenters. The molecule has 0 aliphatic carbocycles. The van der Waals surface area contributed by atoms with Gasteiger partial charge in [-0.25, -0.2) is 0 Å². The van der Waals surface area contributed by atoms with E-state index >= 15 is 0 Å². The van der Waals surface area contributed by atoms with E-state index in [2.05, 4.69) is 0 Å². The number of carbonyl (C=O) groups is 1. The number of aromatic nitrogens is 1. The van der Waals surface area contributed by atoms with Crippen LogP contribution in [0.25, 0.3) is 0 Å². The molecule has 0 N–H and O–H groups in total. The molecule has 0 radical (unpaired) electrons. The van der Waals surface area contributed by atoms with E-state index in [1.807, 2.05) is 56.8 Å². The lowest BCUT2D eigenvalue weighted by molar-refractivity contribution is -0.129. The summed E-state index contributed by atoms with van der Waals surface area (Å²) in [5, 5.41) is 0. The van der Waals surface area contributed by atoms with Gasteiger partial charge in [-0.2, -0.15) is 0 Å². The van der Waals surface area contributed by atoms with E-state index in [4.69, 9.17) is 0 Å². The van der Waals surface area contributed by atoms with E-state index in [-0.39, 0.29) is 11.7 Å². The molecule has 1 rings (SSSR count). The summed E-state index contributed by atoms with van der Waals surface area (Å²) < 4.78 is 1.95. The maximum absolute atomic E-state index is 11.8. The Morgan fingerprint density at radius 2 is 1.69 bits per heavy atom. The van der Waals surface area contributed by atoms with Crippen molar-refractivity contribution in [2.75, 3.05) is 0 Å². The zero-order chi connectivity index (χ0) is 10.1. The molecule has 0 fully saturated rings. The summed E-state index contributed by atoms with van der Waals surface area (Å²) in [6.45, 7) is 7.78. The molecule has 1 aromatic heterocycles. The molecule has 0 bridgehead atoms. The molecule has 0 aliphatic rings. The molecule has 1 aromatic rings. The van der Waals surface area contributed by atoms with Gasteiger partial charge in [-0.05, 0) is 26.0 Å². The summed E-state index contributed by atoms with van der Waals surface area (Å²) in [4.78, 5) is 11.8. The minimum atomic E-state index is -0.419. The molecule has 2 heteroatoms. The molecule has 13 heavy (non-hydrogen) atoms. The van der Waals surface area contributed by atoms with E-state index in [1.165, 1.54) is 0 Å². The van der Waals surface area contributed by atoms with Gasteiger partial charge in [-0.3, -0.25) is 4.79 Å². The fourth-order valence-corrected chi connectivity index (χ4v) is 1.54. The van der Waals surface area contributed by atoms with Gasteiger partial charge in [0.25, 0.3) is 0 Å². The molecule has 0 saturated heterocycles. The molecular formula is C11H17NO. The lowest BCUT2D eigenvalue weighted by atomic mass is 9.91. The van der Waals surface area contributed by atoms with Crippen LogP contribution in [0, 0.1) is 5.92 Å². The Bertz CT molecular complexity index is 283. The molecule has 2 nitrogen and oxygen atoms in total. The van der Waals surface area contributed by atoms with E-state index < -0.39 is 5.54 Å². The van der Waals surface area contributed by atoms with Gasteiger partial charge in [0.05, 0.1) is 5.54 Å². The SMILES string of the molecule is CC(C)C(=O)C(C)(C)n1cccc1. The highest BCUT2D eigenvalue weighted by Gasteiger charge is 2.30. The van der Waals surface area contributed by atoms with Gasteiger partial charge in [-0.1, -0.05) is 13.8 Å². The van der Waals surface area contributed by atoms with Crippen LogP contribution in [0.5, 0.6) is 0 Å². The number of rotatable bonds is 3. The summed E-state index contributed by atoms with van der Waals surface area (Å²) in [6.07, 6.45) is 3.86. The van der Waals surface area contributed by atoms with Crippen LogP contribution in [0.15, 0.2) is 24.5 Å². The van der Waals surface area contributed by atoms with Gasteiger partial charge in [-0.15, -0.1) is 0 Å². The van der Waals surface area contributed by atoms with Crippen molar-refractivity contribution >= 4 is 5.78 Å². The number of nitrogens with zero attached hydrogens (tertiary/aromatic N) is 1. The quantitative estimate of drug-likeness (QED) is 0.698. The van der Waals surface area contributed by atoms with Crippen LogP contribution < -0.4 is 0 Å².